The highest BCUT2D eigenvalue weighted by atomic mass is 16.2. The van der Waals surface area contributed by atoms with E-state index in [0.29, 0.717) is 6.54 Å². The number of carbonyl (C=O) groups is 1. The molecule has 1 aliphatic heterocycles. The molecule has 1 fully saturated rings. The molecule has 1 aromatic carbocycles. The molecule has 2 aromatic rings. The van der Waals surface area contributed by atoms with Crippen LogP contribution in [0.1, 0.15) is 22.5 Å². The largest absolute Gasteiger partial charge is 0.369 e. The number of amides is 1. The molecule has 0 unspecified atom stereocenters. The van der Waals surface area contributed by atoms with Crippen LogP contribution in [0.5, 0.6) is 0 Å². The number of carbonyl (C=O) groups excluding carboxylic acids is 1. The molecule has 0 aliphatic carbocycles. The van der Waals surface area contributed by atoms with Gasteiger partial charge in [0.1, 0.15) is 0 Å². The lowest BCUT2D eigenvalue weighted by Crippen LogP contribution is -2.48. The SMILES string of the molecule is Cc1cccc(N2CCN(CC(=O)Nc3c(C)nn(C)c3C)CC2)c1C. The highest BCUT2D eigenvalue weighted by Gasteiger charge is 2.21. The van der Waals surface area contributed by atoms with E-state index >= 15 is 0 Å². The zero-order valence-electron chi connectivity index (χ0n) is 16.5. The topological polar surface area (TPSA) is 53.4 Å². The fraction of sp³-hybridized carbons (Fsp3) is 0.500. The average molecular weight is 355 g/mol. The lowest BCUT2D eigenvalue weighted by atomic mass is 10.1. The van der Waals surface area contributed by atoms with Crippen molar-refractivity contribution in [1.29, 1.82) is 0 Å². The number of nitrogens with zero attached hydrogens (tertiary/aromatic N) is 4. The Bertz CT molecular complexity index is 803. The summed E-state index contributed by atoms with van der Waals surface area (Å²) in [7, 11) is 1.89. The Labute approximate surface area is 155 Å². The number of hydrogen-bond acceptors (Lipinski definition) is 4. The number of piperazine rings is 1. The maximum absolute atomic E-state index is 12.4. The summed E-state index contributed by atoms with van der Waals surface area (Å²) in [6.07, 6.45) is 0. The van der Waals surface area contributed by atoms with Crippen molar-refractivity contribution in [2.45, 2.75) is 27.7 Å². The zero-order valence-corrected chi connectivity index (χ0v) is 16.5. The first-order chi connectivity index (χ1) is 12.4. The van der Waals surface area contributed by atoms with Crippen LogP contribution in [0.4, 0.5) is 11.4 Å². The van der Waals surface area contributed by atoms with Crippen molar-refractivity contribution in [3.05, 3.63) is 40.7 Å². The van der Waals surface area contributed by atoms with Crippen molar-refractivity contribution in [1.82, 2.24) is 14.7 Å². The summed E-state index contributed by atoms with van der Waals surface area (Å²) < 4.78 is 1.80. The first-order valence-corrected chi connectivity index (χ1v) is 9.20. The third-order valence-corrected chi connectivity index (χ3v) is 5.43. The van der Waals surface area contributed by atoms with Crippen LogP contribution in [0.25, 0.3) is 0 Å². The molecule has 0 saturated carbocycles. The van der Waals surface area contributed by atoms with Crippen molar-refractivity contribution >= 4 is 17.3 Å². The van der Waals surface area contributed by atoms with Crippen LogP contribution in [0.15, 0.2) is 18.2 Å². The van der Waals surface area contributed by atoms with E-state index in [1.54, 1.807) is 4.68 Å². The van der Waals surface area contributed by atoms with E-state index in [1.165, 1.54) is 16.8 Å². The van der Waals surface area contributed by atoms with E-state index < -0.39 is 0 Å². The van der Waals surface area contributed by atoms with E-state index in [2.05, 4.69) is 52.3 Å². The van der Waals surface area contributed by atoms with Gasteiger partial charge in [-0.15, -0.1) is 0 Å². The molecule has 6 heteroatoms. The predicted octanol–water partition coefficient (Wildman–Crippen LogP) is 2.41. The second-order valence-electron chi connectivity index (χ2n) is 7.20. The second kappa shape index (κ2) is 7.50. The lowest BCUT2D eigenvalue weighted by molar-refractivity contribution is -0.117. The molecule has 1 saturated heterocycles. The third-order valence-electron chi connectivity index (χ3n) is 5.43. The van der Waals surface area contributed by atoms with Gasteiger partial charge in [-0.2, -0.15) is 5.10 Å². The Hall–Kier alpha value is -2.34. The van der Waals surface area contributed by atoms with E-state index in [0.717, 1.165) is 43.3 Å². The third kappa shape index (κ3) is 3.75. The van der Waals surface area contributed by atoms with Crippen LogP contribution in [-0.2, 0) is 11.8 Å². The highest BCUT2D eigenvalue weighted by Crippen LogP contribution is 2.24. The van der Waals surface area contributed by atoms with Gasteiger partial charge in [-0.05, 0) is 44.9 Å². The minimum atomic E-state index is 0.0318. The average Bonchev–Trinajstić information content (AvgIpc) is 2.84. The van der Waals surface area contributed by atoms with Gasteiger partial charge in [0.2, 0.25) is 5.91 Å². The number of benzene rings is 1. The maximum atomic E-state index is 12.4. The highest BCUT2D eigenvalue weighted by molar-refractivity contribution is 5.93. The molecule has 0 bridgehead atoms. The van der Waals surface area contributed by atoms with Gasteiger partial charge in [-0.1, -0.05) is 12.1 Å². The molecular formula is C20H29N5O. The minimum Gasteiger partial charge on any atom is -0.369 e. The molecule has 1 aromatic heterocycles. The molecule has 140 valence electrons. The van der Waals surface area contributed by atoms with E-state index in [9.17, 15) is 4.79 Å². The van der Waals surface area contributed by atoms with Crippen LogP contribution >= 0.6 is 0 Å². The first kappa shape index (κ1) is 18.5. The summed E-state index contributed by atoms with van der Waals surface area (Å²) in [6, 6.07) is 6.47. The van der Waals surface area contributed by atoms with Crippen LogP contribution in [0.3, 0.4) is 0 Å². The molecule has 26 heavy (non-hydrogen) atoms. The molecule has 1 aliphatic rings. The standard InChI is InChI=1S/C20H29N5O/c1-14-7-6-8-18(15(14)2)25-11-9-24(10-12-25)13-19(26)21-20-16(3)22-23(5)17(20)4/h6-8H,9-13H2,1-5H3,(H,21,26). The summed E-state index contributed by atoms with van der Waals surface area (Å²) in [6.45, 7) is 12.3. The van der Waals surface area contributed by atoms with Gasteiger partial charge < -0.3 is 10.2 Å². The monoisotopic (exact) mass is 355 g/mol. The van der Waals surface area contributed by atoms with Crippen LogP contribution in [0.2, 0.25) is 0 Å². The number of anilines is 2. The quantitative estimate of drug-likeness (QED) is 0.915. The van der Waals surface area contributed by atoms with Gasteiger partial charge in [0, 0.05) is 38.9 Å². The molecular weight excluding hydrogens is 326 g/mol. The number of aromatic nitrogens is 2. The summed E-state index contributed by atoms with van der Waals surface area (Å²) in [4.78, 5) is 17.1. The van der Waals surface area contributed by atoms with Gasteiger partial charge in [-0.25, -0.2) is 0 Å². The maximum Gasteiger partial charge on any atom is 0.238 e. The Balaban J connectivity index is 1.55. The summed E-state index contributed by atoms with van der Waals surface area (Å²) >= 11 is 0. The van der Waals surface area contributed by atoms with Crippen LogP contribution in [0, 0.1) is 27.7 Å². The lowest BCUT2D eigenvalue weighted by Gasteiger charge is -2.36. The molecule has 6 nitrogen and oxygen atoms in total. The normalized spacial score (nSPS) is 15.3. The van der Waals surface area contributed by atoms with Gasteiger partial charge in [0.05, 0.1) is 23.6 Å². The fourth-order valence-corrected chi connectivity index (χ4v) is 3.56. The Morgan fingerprint density at radius 1 is 1.12 bits per heavy atom. The molecule has 0 spiro atoms. The number of aryl methyl sites for hydroxylation is 3. The molecule has 0 radical (unpaired) electrons. The summed E-state index contributed by atoms with van der Waals surface area (Å²) in [5.41, 5.74) is 6.67. The van der Waals surface area contributed by atoms with Gasteiger partial charge in [0.25, 0.3) is 0 Å². The van der Waals surface area contributed by atoms with E-state index in [4.69, 9.17) is 0 Å². The Morgan fingerprint density at radius 2 is 1.81 bits per heavy atom. The Kier molecular flexibility index (Phi) is 5.32. The molecule has 2 heterocycles. The van der Waals surface area contributed by atoms with Gasteiger partial charge in [-0.3, -0.25) is 14.4 Å². The number of nitrogens with one attached hydrogen (secondary N) is 1. The van der Waals surface area contributed by atoms with Crippen LogP contribution < -0.4 is 10.2 Å². The predicted molar refractivity (Wildman–Crippen MR) is 106 cm³/mol. The number of hydrogen-bond donors (Lipinski definition) is 1. The smallest absolute Gasteiger partial charge is 0.238 e. The minimum absolute atomic E-state index is 0.0318. The first-order valence-electron chi connectivity index (χ1n) is 9.20. The van der Waals surface area contributed by atoms with E-state index in [1.807, 2.05) is 20.9 Å². The van der Waals surface area contributed by atoms with E-state index in [-0.39, 0.29) is 5.91 Å². The summed E-state index contributed by atoms with van der Waals surface area (Å²) in [5.74, 6) is 0.0318. The molecule has 0 atom stereocenters. The van der Waals surface area contributed by atoms with Crippen molar-refractivity contribution in [3.63, 3.8) is 0 Å². The molecule has 1 N–H and O–H groups in total. The second-order valence-corrected chi connectivity index (χ2v) is 7.20. The fourth-order valence-electron chi connectivity index (χ4n) is 3.56. The van der Waals surface area contributed by atoms with Crippen molar-refractivity contribution < 1.29 is 4.79 Å². The van der Waals surface area contributed by atoms with Gasteiger partial charge >= 0.3 is 0 Å². The van der Waals surface area contributed by atoms with Crippen molar-refractivity contribution in [2.24, 2.45) is 7.05 Å². The van der Waals surface area contributed by atoms with Gasteiger partial charge in [0.15, 0.2) is 0 Å². The zero-order chi connectivity index (χ0) is 18.8. The van der Waals surface area contributed by atoms with Crippen molar-refractivity contribution in [3.8, 4) is 0 Å². The van der Waals surface area contributed by atoms with Crippen molar-refractivity contribution in [2.75, 3.05) is 42.9 Å². The summed E-state index contributed by atoms with van der Waals surface area (Å²) in [5, 5.41) is 7.38. The number of rotatable bonds is 4. The molecule has 3 rings (SSSR count). The Morgan fingerprint density at radius 3 is 2.42 bits per heavy atom. The van der Waals surface area contributed by atoms with Crippen LogP contribution in [-0.4, -0.2) is 53.3 Å². The molecule has 1 amide bonds.